The number of carbonyl (C=O) groups is 3. The number of Topliss-reactive ketones (excluding diaryl/α,β-unsaturated/α-hetero) is 1. The van der Waals surface area contributed by atoms with E-state index < -0.39 is 28.5 Å². The molecule has 0 aromatic heterocycles. The van der Waals surface area contributed by atoms with E-state index in [1.807, 2.05) is 20.8 Å². The van der Waals surface area contributed by atoms with Gasteiger partial charge in [0.05, 0.1) is 28.6 Å². The van der Waals surface area contributed by atoms with Gasteiger partial charge in [0.2, 0.25) is 0 Å². The maximum atomic E-state index is 13.6. The third-order valence-corrected chi connectivity index (χ3v) is 11.5. The van der Waals surface area contributed by atoms with Crippen LogP contribution in [0.15, 0.2) is 23.3 Å². The number of esters is 1. The summed E-state index contributed by atoms with van der Waals surface area (Å²) in [6.45, 7) is 7.60. The average Bonchev–Trinajstić information content (AvgIpc) is 3.06. The first kappa shape index (κ1) is 25.2. The molecule has 2 N–H and O–H groups in total. The van der Waals surface area contributed by atoms with Crippen LogP contribution in [0.3, 0.4) is 0 Å². The highest BCUT2D eigenvalue weighted by atomic mass is 35.5. The summed E-state index contributed by atoms with van der Waals surface area (Å²) in [5.74, 6) is -0.624. The van der Waals surface area contributed by atoms with Gasteiger partial charge in [-0.25, -0.2) is 4.79 Å². The normalized spacial score (nSPS) is 48.3. The Morgan fingerprint density at radius 3 is 2.57 bits per heavy atom. The van der Waals surface area contributed by atoms with E-state index in [1.165, 1.54) is 0 Å². The zero-order chi connectivity index (χ0) is 25.5. The van der Waals surface area contributed by atoms with Gasteiger partial charge in [0.15, 0.2) is 5.78 Å². The lowest BCUT2D eigenvalue weighted by molar-refractivity contribution is -0.190. The van der Waals surface area contributed by atoms with Crippen molar-refractivity contribution in [2.24, 2.45) is 40.4 Å². The second kappa shape index (κ2) is 8.26. The van der Waals surface area contributed by atoms with Gasteiger partial charge in [0.1, 0.15) is 11.9 Å². The van der Waals surface area contributed by atoms with Crippen molar-refractivity contribution in [1.82, 2.24) is 0 Å². The molecule has 0 saturated heterocycles. The van der Waals surface area contributed by atoms with Crippen molar-refractivity contribution < 1.29 is 29.3 Å². The first-order chi connectivity index (χ1) is 16.4. The Morgan fingerprint density at radius 1 is 1.20 bits per heavy atom. The molecule has 0 aromatic carbocycles. The maximum Gasteiger partial charge on any atom is 0.336 e. The first-order valence-electron chi connectivity index (χ1n) is 13.0. The zero-order valence-corrected chi connectivity index (χ0v) is 21.8. The molecule has 35 heavy (non-hydrogen) atoms. The summed E-state index contributed by atoms with van der Waals surface area (Å²) in [5, 5.41) is 20.6. The SMILES string of the molecule is CC1=C(CO)C(=O)O[C@@H]([C@@H](C)[C@H]2C(=O)C[C@H]3[C@@H]4C[C@@H](Cl)[C@@]5(O)CC=CC(=O)[C@]5(C)[C@H]4CC[C@]23C)C1. The average molecular weight is 505 g/mol. The van der Waals surface area contributed by atoms with Crippen LogP contribution in [-0.4, -0.2) is 51.4 Å². The molecule has 5 aliphatic rings. The van der Waals surface area contributed by atoms with Crippen LogP contribution in [0.1, 0.15) is 66.2 Å². The maximum absolute atomic E-state index is 13.6. The number of allylic oxidation sites excluding steroid dienone is 1. The summed E-state index contributed by atoms with van der Waals surface area (Å²) in [6.07, 6.45) is 6.42. The Balaban J connectivity index is 1.46. The second-order valence-corrected chi connectivity index (χ2v) is 12.8. The summed E-state index contributed by atoms with van der Waals surface area (Å²) >= 11 is 6.85. The van der Waals surface area contributed by atoms with E-state index in [9.17, 15) is 24.6 Å². The lowest BCUT2D eigenvalue weighted by Gasteiger charge is -2.63. The Hall–Kier alpha value is -1.50. The predicted octanol–water partition coefficient (Wildman–Crippen LogP) is 3.76. The number of aliphatic hydroxyl groups is 2. The first-order valence-corrected chi connectivity index (χ1v) is 13.4. The van der Waals surface area contributed by atoms with Crippen molar-refractivity contribution in [3.8, 4) is 0 Å². The van der Waals surface area contributed by atoms with E-state index in [4.69, 9.17) is 16.3 Å². The Labute approximate surface area is 212 Å². The number of ketones is 2. The van der Waals surface area contributed by atoms with Crippen LogP contribution in [-0.2, 0) is 19.1 Å². The Morgan fingerprint density at radius 2 is 1.91 bits per heavy atom. The number of hydrogen-bond acceptors (Lipinski definition) is 6. The third-order valence-electron chi connectivity index (χ3n) is 11.0. The zero-order valence-electron chi connectivity index (χ0n) is 21.1. The number of hydrogen-bond donors (Lipinski definition) is 2. The second-order valence-electron chi connectivity index (χ2n) is 12.3. The highest BCUT2D eigenvalue weighted by Crippen LogP contribution is 2.68. The molecule has 0 amide bonds. The molecule has 3 saturated carbocycles. The predicted molar refractivity (Wildman–Crippen MR) is 130 cm³/mol. The van der Waals surface area contributed by atoms with Crippen LogP contribution in [0.5, 0.6) is 0 Å². The monoisotopic (exact) mass is 504 g/mol. The van der Waals surface area contributed by atoms with Gasteiger partial charge in [-0.3, -0.25) is 9.59 Å². The molecule has 0 aromatic rings. The molecule has 7 heteroatoms. The number of cyclic esters (lactones) is 1. The van der Waals surface area contributed by atoms with E-state index in [2.05, 4.69) is 6.92 Å². The Kier molecular flexibility index (Phi) is 5.94. The fourth-order valence-electron chi connectivity index (χ4n) is 8.95. The molecule has 10 atom stereocenters. The molecule has 5 rings (SSSR count). The number of rotatable bonds is 3. The van der Waals surface area contributed by atoms with Crippen LogP contribution < -0.4 is 0 Å². The van der Waals surface area contributed by atoms with E-state index >= 15 is 0 Å². The van der Waals surface area contributed by atoms with Gasteiger partial charge in [-0.1, -0.05) is 25.5 Å². The van der Waals surface area contributed by atoms with Crippen LogP contribution >= 0.6 is 11.6 Å². The minimum absolute atomic E-state index is 0.0234. The minimum atomic E-state index is -1.27. The number of fused-ring (bicyclic) bond motifs is 5. The van der Waals surface area contributed by atoms with Gasteiger partial charge in [-0.05, 0) is 68.8 Å². The highest BCUT2D eigenvalue weighted by molar-refractivity contribution is 6.22. The molecule has 0 radical (unpaired) electrons. The van der Waals surface area contributed by atoms with Crippen LogP contribution in [0, 0.1) is 40.4 Å². The van der Waals surface area contributed by atoms with Crippen molar-refractivity contribution in [2.75, 3.05) is 6.61 Å². The molecule has 0 bridgehead atoms. The smallest absolute Gasteiger partial charge is 0.336 e. The van der Waals surface area contributed by atoms with Crippen molar-refractivity contribution in [1.29, 1.82) is 0 Å². The van der Waals surface area contributed by atoms with E-state index in [-0.39, 0.29) is 53.2 Å². The van der Waals surface area contributed by atoms with E-state index in [0.29, 0.717) is 31.3 Å². The minimum Gasteiger partial charge on any atom is -0.458 e. The van der Waals surface area contributed by atoms with Crippen molar-refractivity contribution >= 4 is 29.1 Å². The van der Waals surface area contributed by atoms with E-state index in [0.717, 1.165) is 18.4 Å². The quantitative estimate of drug-likeness (QED) is 0.448. The largest absolute Gasteiger partial charge is 0.458 e. The molecule has 6 nitrogen and oxygen atoms in total. The lowest BCUT2D eigenvalue weighted by Crippen LogP contribution is -2.68. The standard InChI is InChI=1S/C28H37ClO6/c1-14-10-21(35-25(33)17(14)13-30)15(2)24-20(31)12-19-16-11-22(29)28(34)8-5-6-23(32)27(28,4)18(16)7-9-26(19,24)3/h5-6,15-16,18-19,21-22,24,30,34H,7-13H2,1-4H3/t15-,16-,18+,19+,21-,22-,24+,26+,27+,28+/m1/s1. The summed E-state index contributed by atoms with van der Waals surface area (Å²) in [6, 6.07) is 0. The number of halogens is 1. The summed E-state index contributed by atoms with van der Waals surface area (Å²) in [5.41, 5.74) is -1.36. The fourth-order valence-corrected chi connectivity index (χ4v) is 9.47. The van der Waals surface area contributed by atoms with Crippen molar-refractivity contribution in [3.05, 3.63) is 23.3 Å². The molecule has 0 unspecified atom stereocenters. The molecular formula is C28H37ClO6. The number of ether oxygens (including phenoxy) is 1. The van der Waals surface area contributed by atoms with Crippen LogP contribution in [0.4, 0.5) is 0 Å². The van der Waals surface area contributed by atoms with Crippen molar-refractivity contribution in [2.45, 2.75) is 83.3 Å². The Bertz CT molecular complexity index is 1030. The molecule has 1 aliphatic heterocycles. The molecule has 3 fully saturated rings. The molecular weight excluding hydrogens is 468 g/mol. The molecule has 0 spiro atoms. The molecule has 1 heterocycles. The topological polar surface area (TPSA) is 101 Å². The number of aliphatic hydroxyl groups excluding tert-OH is 1. The highest BCUT2D eigenvalue weighted by Gasteiger charge is 2.70. The van der Waals surface area contributed by atoms with Gasteiger partial charge in [0, 0.05) is 24.7 Å². The summed E-state index contributed by atoms with van der Waals surface area (Å²) < 4.78 is 5.73. The summed E-state index contributed by atoms with van der Waals surface area (Å²) in [7, 11) is 0. The van der Waals surface area contributed by atoms with Crippen molar-refractivity contribution in [3.63, 3.8) is 0 Å². The number of alkyl halides is 1. The number of carbonyl (C=O) groups excluding carboxylic acids is 3. The van der Waals surface area contributed by atoms with E-state index in [1.54, 1.807) is 12.2 Å². The molecule has 192 valence electrons. The lowest BCUT2D eigenvalue weighted by atomic mass is 9.43. The van der Waals surface area contributed by atoms with Gasteiger partial charge >= 0.3 is 5.97 Å². The van der Waals surface area contributed by atoms with Gasteiger partial charge < -0.3 is 14.9 Å². The molecule has 4 aliphatic carbocycles. The fraction of sp³-hybridized carbons (Fsp3) is 0.750. The third kappa shape index (κ3) is 3.25. The van der Waals surface area contributed by atoms with Crippen LogP contribution in [0.2, 0.25) is 0 Å². The van der Waals surface area contributed by atoms with Gasteiger partial charge in [-0.2, -0.15) is 0 Å². The van der Waals surface area contributed by atoms with Gasteiger partial charge in [0.25, 0.3) is 0 Å². The van der Waals surface area contributed by atoms with Crippen LogP contribution in [0.25, 0.3) is 0 Å². The van der Waals surface area contributed by atoms with Gasteiger partial charge in [-0.15, -0.1) is 11.6 Å². The summed E-state index contributed by atoms with van der Waals surface area (Å²) in [4.78, 5) is 39.3.